The maximum absolute atomic E-state index is 8.65. The molecule has 2 nitrogen and oxygen atoms in total. The summed E-state index contributed by atoms with van der Waals surface area (Å²) in [6.45, 7) is 4.24. The molecule has 1 aliphatic rings. The van der Waals surface area contributed by atoms with E-state index in [0.29, 0.717) is 12.5 Å². The standard InChI is InChI=1S/C12H14N2/c1-8-3-4-9(2)12-11(8)7-10(14-12)5-6-13/h3-4,10,14H,5,7H2,1-2H3. The number of aryl methyl sites for hydroxylation is 2. The first kappa shape index (κ1) is 9.08. The van der Waals surface area contributed by atoms with Gasteiger partial charge in [0.25, 0.3) is 0 Å². The van der Waals surface area contributed by atoms with Crippen LogP contribution in [-0.2, 0) is 6.42 Å². The Morgan fingerprint density at radius 1 is 1.43 bits per heavy atom. The Bertz CT molecular complexity index is 371. The first-order chi connectivity index (χ1) is 6.72. The minimum Gasteiger partial charge on any atom is -0.380 e. The lowest BCUT2D eigenvalue weighted by Gasteiger charge is -2.07. The van der Waals surface area contributed by atoms with E-state index in [2.05, 4.69) is 37.4 Å². The summed E-state index contributed by atoms with van der Waals surface area (Å²) in [5.74, 6) is 0. The van der Waals surface area contributed by atoms with Crippen LogP contribution in [0.3, 0.4) is 0 Å². The Balaban J connectivity index is 2.35. The second-order valence-electron chi connectivity index (χ2n) is 3.96. The van der Waals surface area contributed by atoms with Crippen molar-refractivity contribution in [1.82, 2.24) is 0 Å². The molecule has 1 aliphatic heterocycles. The fourth-order valence-electron chi connectivity index (χ4n) is 2.07. The van der Waals surface area contributed by atoms with Gasteiger partial charge in [0.15, 0.2) is 0 Å². The lowest BCUT2D eigenvalue weighted by atomic mass is 10.0. The monoisotopic (exact) mass is 186 g/mol. The molecule has 2 rings (SSSR count). The van der Waals surface area contributed by atoms with Gasteiger partial charge in [0.05, 0.1) is 12.5 Å². The highest BCUT2D eigenvalue weighted by atomic mass is 14.9. The van der Waals surface area contributed by atoms with E-state index in [-0.39, 0.29) is 0 Å². The number of anilines is 1. The predicted molar refractivity (Wildman–Crippen MR) is 57.3 cm³/mol. The zero-order valence-electron chi connectivity index (χ0n) is 8.59. The molecule has 0 saturated carbocycles. The van der Waals surface area contributed by atoms with Gasteiger partial charge in [-0.15, -0.1) is 0 Å². The van der Waals surface area contributed by atoms with Crippen molar-refractivity contribution in [3.8, 4) is 6.07 Å². The zero-order chi connectivity index (χ0) is 10.1. The van der Waals surface area contributed by atoms with E-state index in [9.17, 15) is 0 Å². The Hall–Kier alpha value is -1.49. The molecule has 0 aliphatic carbocycles. The summed E-state index contributed by atoms with van der Waals surface area (Å²) >= 11 is 0. The maximum Gasteiger partial charge on any atom is 0.0643 e. The minimum atomic E-state index is 0.315. The molecule has 0 amide bonds. The predicted octanol–water partition coefficient (Wildman–Crippen LogP) is 2.55. The number of nitriles is 1. The molecule has 1 heterocycles. The number of fused-ring (bicyclic) bond motifs is 1. The quantitative estimate of drug-likeness (QED) is 0.731. The number of nitrogens with zero attached hydrogens (tertiary/aromatic N) is 1. The van der Waals surface area contributed by atoms with Gasteiger partial charge in [-0.25, -0.2) is 0 Å². The molecule has 0 aromatic heterocycles. The second-order valence-corrected chi connectivity index (χ2v) is 3.96. The number of nitrogens with one attached hydrogen (secondary N) is 1. The van der Waals surface area contributed by atoms with E-state index in [1.807, 2.05) is 0 Å². The molecule has 0 bridgehead atoms. The minimum absolute atomic E-state index is 0.315. The first-order valence-corrected chi connectivity index (χ1v) is 4.95. The largest absolute Gasteiger partial charge is 0.380 e. The molecule has 2 heteroatoms. The fourth-order valence-corrected chi connectivity index (χ4v) is 2.07. The van der Waals surface area contributed by atoms with Crippen LogP contribution in [0.2, 0.25) is 0 Å². The third-order valence-electron chi connectivity index (χ3n) is 2.89. The van der Waals surface area contributed by atoms with Crippen LogP contribution in [0, 0.1) is 25.2 Å². The van der Waals surface area contributed by atoms with Gasteiger partial charge in [-0.3, -0.25) is 0 Å². The fraction of sp³-hybridized carbons (Fsp3) is 0.417. The SMILES string of the molecule is Cc1ccc(C)c2c1CC(CC#N)N2. The molecular formula is C12H14N2. The molecule has 1 aromatic carbocycles. The molecule has 0 radical (unpaired) electrons. The van der Waals surface area contributed by atoms with E-state index in [4.69, 9.17) is 5.26 Å². The van der Waals surface area contributed by atoms with Crippen LogP contribution < -0.4 is 5.32 Å². The van der Waals surface area contributed by atoms with Crippen molar-refractivity contribution in [2.45, 2.75) is 32.7 Å². The summed E-state index contributed by atoms with van der Waals surface area (Å²) in [5.41, 5.74) is 5.26. The molecule has 1 aromatic rings. The molecule has 0 fully saturated rings. The molecule has 14 heavy (non-hydrogen) atoms. The lowest BCUT2D eigenvalue weighted by Crippen LogP contribution is -2.14. The highest BCUT2D eigenvalue weighted by Crippen LogP contribution is 2.32. The summed E-state index contributed by atoms with van der Waals surface area (Å²) in [7, 11) is 0. The molecule has 1 N–H and O–H groups in total. The van der Waals surface area contributed by atoms with Crippen molar-refractivity contribution in [1.29, 1.82) is 5.26 Å². The molecule has 1 atom stereocenters. The van der Waals surface area contributed by atoms with E-state index in [1.165, 1.54) is 22.4 Å². The van der Waals surface area contributed by atoms with Gasteiger partial charge in [-0.1, -0.05) is 12.1 Å². The van der Waals surface area contributed by atoms with Crippen LogP contribution in [-0.4, -0.2) is 6.04 Å². The van der Waals surface area contributed by atoms with Crippen LogP contribution in [0.5, 0.6) is 0 Å². The van der Waals surface area contributed by atoms with Gasteiger partial charge in [0.2, 0.25) is 0 Å². The maximum atomic E-state index is 8.65. The van der Waals surface area contributed by atoms with Gasteiger partial charge < -0.3 is 5.32 Å². The Morgan fingerprint density at radius 3 is 2.79 bits per heavy atom. The molecule has 0 spiro atoms. The van der Waals surface area contributed by atoms with Crippen molar-refractivity contribution in [2.24, 2.45) is 0 Å². The van der Waals surface area contributed by atoms with Gasteiger partial charge in [0, 0.05) is 11.7 Å². The van der Waals surface area contributed by atoms with Gasteiger partial charge in [-0.05, 0) is 37.0 Å². The average molecular weight is 186 g/mol. The zero-order valence-corrected chi connectivity index (χ0v) is 8.59. The Labute approximate surface area is 84.6 Å². The van der Waals surface area contributed by atoms with Crippen LogP contribution in [0.25, 0.3) is 0 Å². The molecule has 1 unspecified atom stereocenters. The van der Waals surface area contributed by atoms with E-state index in [1.54, 1.807) is 0 Å². The highest BCUT2D eigenvalue weighted by Gasteiger charge is 2.22. The molecule has 0 saturated heterocycles. The number of benzene rings is 1. The summed E-state index contributed by atoms with van der Waals surface area (Å²) in [6, 6.07) is 6.83. The van der Waals surface area contributed by atoms with Crippen molar-refractivity contribution in [3.63, 3.8) is 0 Å². The molecule has 72 valence electrons. The topological polar surface area (TPSA) is 35.8 Å². The van der Waals surface area contributed by atoms with Gasteiger partial charge >= 0.3 is 0 Å². The number of hydrogen-bond donors (Lipinski definition) is 1. The summed E-state index contributed by atoms with van der Waals surface area (Å²) in [4.78, 5) is 0. The highest BCUT2D eigenvalue weighted by molar-refractivity contribution is 5.64. The summed E-state index contributed by atoms with van der Waals surface area (Å²) < 4.78 is 0. The third kappa shape index (κ3) is 1.35. The van der Waals surface area contributed by atoms with Crippen molar-refractivity contribution in [3.05, 3.63) is 28.8 Å². The second kappa shape index (κ2) is 3.34. The third-order valence-corrected chi connectivity index (χ3v) is 2.89. The summed E-state index contributed by atoms with van der Waals surface area (Å²) in [5, 5.41) is 12.1. The summed E-state index contributed by atoms with van der Waals surface area (Å²) in [6.07, 6.45) is 1.59. The smallest absolute Gasteiger partial charge is 0.0643 e. The lowest BCUT2D eigenvalue weighted by molar-refractivity contribution is 0.770. The first-order valence-electron chi connectivity index (χ1n) is 4.95. The average Bonchev–Trinajstić information content (AvgIpc) is 2.57. The van der Waals surface area contributed by atoms with E-state index < -0.39 is 0 Å². The van der Waals surface area contributed by atoms with Crippen molar-refractivity contribution < 1.29 is 0 Å². The van der Waals surface area contributed by atoms with Crippen molar-refractivity contribution >= 4 is 5.69 Å². The van der Waals surface area contributed by atoms with Crippen molar-refractivity contribution in [2.75, 3.05) is 5.32 Å². The number of rotatable bonds is 1. The van der Waals surface area contributed by atoms with Crippen LogP contribution >= 0.6 is 0 Å². The Kier molecular flexibility index (Phi) is 2.17. The normalized spacial score (nSPS) is 18.5. The number of hydrogen-bond acceptors (Lipinski definition) is 2. The molecular weight excluding hydrogens is 172 g/mol. The Morgan fingerprint density at radius 2 is 2.14 bits per heavy atom. The van der Waals surface area contributed by atoms with Gasteiger partial charge in [-0.2, -0.15) is 5.26 Å². The van der Waals surface area contributed by atoms with Crippen LogP contribution in [0.1, 0.15) is 23.1 Å². The van der Waals surface area contributed by atoms with Crippen LogP contribution in [0.15, 0.2) is 12.1 Å². The van der Waals surface area contributed by atoms with E-state index in [0.717, 1.165) is 6.42 Å². The van der Waals surface area contributed by atoms with E-state index >= 15 is 0 Å². The van der Waals surface area contributed by atoms with Crippen LogP contribution in [0.4, 0.5) is 5.69 Å². The van der Waals surface area contributed by atoms with Gasteiger partial charge in [0.1, 0.15) is 0 Å².